The van der Waals surface area contributed by atoms with Gasteiger partial charge in [0.25, 0.3) is 0 Å². The number of carbonyl (C=O) groups is 2. The second-order valence-corrected chi connectivity index (χ2v) is 7.67. The Labute approximate surface area is 177 Å². The minimum absolute atomic E-state index is 0. The van der Waals surface area contributed by atoms with Crippen LogP contribution in [0.1, 0.15) is 40.5 Å². The van der Waals surface area contributed by atoms with E-state index >= 15 is 0 Å². The molecule has 11 heteroatoms. The van der Waals surface area contributed by atoms with E-state index in [-0.39, 0.29) is 38.9 Å². The third-order valence-corrected chi connectivity index (χ3v) is 5.93. The maximum absolute atomic E-state index is 11.8. The summed E-state index contributed by atoms with van der Waals surface area (Å²) < 4.78 is 10.5. The normalized spacial score (nSPS) is 21.7. The van der Waals surface area contributed by atoms with Crippen molar-refractivity contribution in [1.29, 1.82) is 0 Å². The molecule has 0 bridgehead atoms. The molecule has 2 fully saturated rings. The highest BCUT2D eigenvalue weighted by atomic mass is 32.2. The van der Waals surface area contributed by atoms with Crippen molar-refractivity contribution in [2.24, 2.45) is 5.11 Å². The Balaban J connectivity index is 0.00000392. The zero-order chi connectivity index (χ0) is 19.3. The first-order valence-electron chi connectivity index (χ1n) is 9.32. The van der Waals surface area contributed by atoms with E-state index in [0.29, 0.717) is 51.2 Å². The van der Waals surface area contributed by atoms with Gasteiger partial charge in [-0.3, -0.25) is 4.79 Å². The van der Waals surface area contributed by atoms with Gasteiger partial charge in [0.15, 0.2) is 0 Å². The smallest absolute Gasteiger partial charge is 0.315 e. The second kappa shape index (κ2) is 16.2. The van der Waals surface area contributed by atoms with Gasteiger partial charge >= 0.3 is 6.03 Å². The standard InChI is InChI=1S/C16H28N6O4S.2CH4/c17-22-19-6-8-26-10-9-25-7-5-18-14(23)4-2-1-3-13-15-12(11-27-13)20-16(24)21-15;;/h12-13,15H,1-11H2,(H,18,23)(H2,20,21,24);2*1H4. The number of carbonyl (C=O) groups excluding carboxylic acids is 2. The van der Waals surface area contributed by atoms with E-state index in [2.05, 4.69) is 26.0 Å². The average Bonchev–Trinajstić information content (AvgIpc) is 3.20. The lowest BCUT2D eigenvalue weighted by molar-refractivity contribution is -0.121. The molecule has 3 unspecified atom stereocenters. The predicted octanol–water partition coefficient (Wildman–Crippen LogP) is 2.44. The van der Waals surface area contributed by atoms with Gasteiger partial charge in [0.2, 0.25) is 5.91 Å². The number of thioether (sulfide) groups is 1. The van der Waals surface area contributed by atoms with Crippen LogP contribution in [-0.4, -0.2) is 74.5 Å². The van der Waals surface area contributed by atoms with Crippen LogP contribution in [0.3, 0.4) is 0 Å². The molecule has 2 rings (SSSR count). The van der Waals surface area contributed by atoms with Gasteiger partial charge in [0.05, 0.1) is 38.5 Å². The monoisotopic (exact) mass is 432 g/mol. The molecule has 2 aliphatic rings. The molecule has 29 heavy (non-hydrogen) atoms. The summed E-state index contributed by atoms with van der Waals surface area (Å²) >= 11 is 1.90. The van der Waals surface area contributed by atoms with Gasteiger partial charge in [-0.25, -0.2) is 4.79 Å². The van der Waals surface area contributed by atoms with Crippen molar-refractivity contribution < 1.29 is 19.1 Å². The summed E-state index contributed by atoms with van der Waals surface area (Å²) in [6.45, 7) is 2.51. The number of urea groups is 1. The predicted molar refractivity (Wildman–Crippen MR) is 116 cm³/mol. The lowest BCUT2D eigenvalue weighted by Gasteiger charge is -2.16. The van der Waals surface area contributed by atoms with Gasteiger partial charge in [0, 0.05) is 35.4 Å². The van der Waals surface area contributed by atoms with Crippen molar-refractivity contribution in [3.05, 3.63) is 10.4 Å². The van der Waals surface area contributed by atoms with Crippen LogP contribution in [0, 0.1) is 0 Å². The molecule has 10 nitrogen and oxygen atoms in total. The Morgan fingerprint density at radius 1 is 1.21 bits per heavy atom. The molecule has 3 atom stereocenters. The Morgan fingerprint density at radius 2 is 1.97 bits per heavy atom. The van der Waals surface area contributed by atoms with E-state index in [1.165, 1.54) is 0 Å². The number of amides is 3. The highest BCUT2D eigenvalue weighted by Gasteiger charge is 2.42. The summed E-state index contributed by atoms with van der Waals surface area (Å²) in [5.41, 5.74) is 8.10. The van der Waals surface area contributed by atoms with Gasteiger partial charge in [-0.1, -0.05) is 26.4 Å². The number of fused-ring (bicyclic) bond motifs is 1. The quantitative estimate of drug-likeness (QED) is 0.127. The molecule has 0 saturated carbocycles. The van der Waals surface area contributed by atoms with E-state index in [1.807, 2.05) is 11.8 Å². The van der Waals surface area contributed by atoms with E-state index in [1.54, 1.807) is 0 Å². The molecule has 0 radical (unpaired) electrons. The minimum atomic E-state index is -0.0587. The van der Waals surface area contributed by atoms with Crippen LogP contribution in [0.25, 0.3) is 10.4 Å². The lowest BCUT2D eigenvalue weighted by Crippen LogP contribution is -2.36. The summed E-state index contributed by atoms with van der Waals surface area (Å²) in [6.07, 6.45) is 3.36. The molecule has 0 spiro atoms. The van der Waals surface area contributed by atoms with E-state index in [9.17, 15) is 9.59 Å². The van der Waals surface area contributed by atoms with Gasteiger partial charge in [-0.05, 0) is 18.4 Å². The molecule has 2 heterocycles. The fraction of sp³-hybridized carbons (Fsp3) is 0.889. The molecule has 2 aliphatic heterocycles. The number of azide groups is 1. The van der Waals surface area contributed by atoms with E-state index in [0.717, 1.165) is 25.0 Å². The van der Waals surface area contributed by atoms with Gasteiger partial charge in [0.1, 0.15) is 0 Å². The molecule has 0 aromatic carbocycles. The topological polar surface area (TPSA) is 137 Å². The van der Waals surface area contributed by atoms with Gasteiger partial charge in [-0.15, -0.1) is 0 Å². The number of unbranched alkanes of at least 4 members (excludes halogenated alkanes) is 1. The second-order valence-electron chi connectivity index (χ2n) is 6.40. The van der Waals surface area contributed by atoms with Crippen molar-refractivity contribution in [2.75, 3.05) is 45.3 Å². The highest BCUT2D eigenvalue weighted by molar-refractivity contribution is 8.00. The Hall–Kier alpha value is -1.68. The Morgan fingerprint density at radius 3 is 2.72 bits per heavy atom. The van der Waals surface area contributed by atoms with Crippen LogP contribution in [-0.2, 0) is 14.3 Å². The summed E-state index contributed by atoms with van der Waals surface area (Å²) in [5, 5.41) is 12.6. The van der Waals surface area contributed by atoms with Crippen LogP contribution in [0.2, 0.25) is 0 Å². The van der Waals surface area contributed by atoms with Gasteiger partial charge < -0.3 is 25.4 Å². The summed E-state index contributed by atoms with van der Waals surface area (Å²) in [4.78, 5) is 25.8. The highest BCUT2D eigenvalue weighted by Crippen LogP contribution is 2.33. The molecule has 0 aromatic heterocycles. The number of hydrogen-bond acceptors (Lipinski definition) is 6. The molecule has 2 saturated heterocycles. The van der Waals surface area contributed by atoms with Crippen molar-refractivity contribution in [3.63, 3.8) is 0 Å². The molecule has 3 amide bonds. The van der Waals surface area contributed by atoms with Crippen molar-refractivity contribution >= 4 is 23.7 Å². The molecular formula is C18H36N6O4S. The fourth-order valence-electron chi connectivity index (χ4n) is 3.10. The van der Waals surface area contributed by atoms with Crippen molar-refractivity contribution in [3.8, 4) is 0 Å². The van der Waals surface area contributed by atoms with Gasteiger partial charge in [-0.2, -0.15) is 11.8 Å². The van der Waals surface area contributed by atoms with Crippen LogP contribution in [0.4, 0.5) is 4.79 Å². The number of ether oxygens (including phenoxy) is 2. The number of hydrogen-bond donors (Lipinski definition) is 3. The number of rotatable bonds is 14. The third-order valence-electron chi connectivity index (χ3n) is 4.42. The first kappa shape index (κ1) is 27.3. The summed E-state index contributed by atoms with van der Waals surface area (Å²) in [6, 6.07) is 0.431. The van der Waals surface area contributed by atoms with Crippen molar-refractivity contribution in [1.82, 2.24) is 16.0 Å². The summed E-state index contributed by atoms with van der Waals surface area (Å²) in [7, 11) is 0. The molecule has 168 valence electrons. The zero-order valence-electron chi connectivity index (χ0n) is 15.4. The number of nitrogens with one attached hydrogen (secondary N) is 3. The van der Waals surface area contributed by atoms with Crippen LogP contribution >= 0.6 is 11.8 Å². The first-order valence-corrected chi connectivity index (χ1v) is 10.4. The van der Waals surface area contributed by atoms with E-state index < -0.39 is 0 Å². The van der Waals surface area contributed by atoms with Crippen LogP contribution < -0.4 is 16.0 Å². The first-order chi connectivity index (χ1) is 13.2. The molecule has 3 N–H and O–H groups in total. The zero-order valence-corrected chi connectivity index (χ0v) is 16.2. The largest absolute Gasteiger partial charge is 0.379 e. The number of nitrogens with zero attached hydrogens (tertiary/aromatic N) is 3. The van der Waals surface area contributed by atoms with E-state index in [4.69, 9.17) is 15.0 Å². The maximum Gasteiger partial charge on any atom is 0.315 e. The fourth-order valence-corrected chi connectivity index (χ4v) is 4.64. The molecule has 0 aliphatic carbocycles. The summed E-state index contributed by atoms with van der Waals surface area (Å²) in [5.74, 6) is 1.00. The molecule has 0 aromatic rings. The minimum Gasteiger partial charge on any atom is -0.379 e. The molecular weight excluding hydrogens is 396 g/mol. The van der Waals surface area contributed by atoms with Crippen LogP contribution in [0.15, 0.2) is 5.11 Å². The van der Waals surface area contributed by atoms with Crippen molar-refractivity contribution in [2.45, 2.75) is 57.9 Å². The maximum atomic E-state index is 11.8. The average molecular weight is 433 g/mol. The SMILES string of the molecule is C.C.[N-]=[N+]=NCCOCCOCCNC(=O)CCCCC1SCC2NC(=O)NC21. The Bertz CT molecular complexity index is 532. The lowest BCUT2D eigenvalue weighted by atomic mass is 10.0. The van der Waals surface area contributed by atoms with Crippen LogP contribution in [0.5, 0.6) is 0 Å². The Kier molecular flexibility index (Phi) is 15.2. The third kappa shape index (κ3) is 10.6.